The summed E-state index contributed by atoms with van der Waals surface area (Å²) in [5.41, 5.74) is 0.206. The number of rotatable bonds is 1. The number of aliphatic hydroxyl groups is 1. The van der Waals surface area contributed by atoms with Crippen molar-refractivity contribution in [2.45, 2.75) is 110 Å². The van der Waals surface area contributed by atoms with E-state index in [2.05, 4.69) is 27.7 Å². The molecular weight excluding hydrogens is 324 g/mol. The van der Waals surface area contributed by atoms with Gasteiger partial charge in [0.25, 0.3) is 0 Å². The molecule has 1 aliphatic heterocycles. The van der Waals surface area contributed by atoms with Crippen LogP contribution in [0.2, 0.25) is 0 Å². The average Bonchev–Trinajstić information content (AvgIpc) is 2.86. The minimum absolute atomic E-state index is 0.0202. The number of hydrogen-bond acceptors (Lipinski definition) is 3. The number of ether oxygens (including phenoxy) is 2. The summed E-state index contributed by atoms with van der Waals surface area (Å²) < 4.78 is 12.1. The van der Waals surface area contributed by atoms with Crippen LogP contribution in [0.25, 0.3) is 0 Å². The summed E-state index contributed by atoms with van der Waals surface area (Å²) in [5.74, 6) is 0.713. The Morgan fingerprint density at radius 2 is 1.54 bits per heavy atom. The Labute approximate surface area is 160 Å². The molecule has 4 fully saturated rings. The molecule has 26 heavy (non-hydrogen) atoms. The van der Waals surface area contributed by atoms with Gasteiger partial charge in [-0.15, -0.1) is 0 Å². The first kappa shape index (κ1) is 19.2. The molecule has 6 unspecified atom stereocenters. The van der Waals surface area contributed by atoms with Crippen LogP contribution >= 0.6 is 0 Å². The minimum Gasteiger partial charge on any atom is -0.390 e. The topological polar surface area (TPSA) is 38.7 Å². The Balaban J connectivity index is 1.59. The van der Waals surface area contributed by atoms with Crippen molar-refractivity contribution in [3.8, 4) is 0 Å². The van der Waals surface area contributed by atoms with E-state index < -0.39 is 11.4 Å². The molecule has 0 aromatic rings. The van der Waals surface area contributed by atoms with Crippen LogP contribution in [0, 0.1) is 28.1 Å². The van der Waals surface area contributed by atoms with Crippen LogP contribution in [-0.2, 0) is 9.47 Å². The lowest BCUT2D eigenvalue weighted by atomic mass is 9.42. The fourth-order valence-electron chi connectivity index (χ4n) is 7.86. The SMILES string of the molecule is CC1(C)OCC(C2(C)CCC3C(O)(CCC4C(C)(C)CCCC43C)C2)O1. The van der Waals surface area contributed by atoms with Crippen LogP contribution in [0.3, 0.4) is 0 Å². The largest absolute Gasteiger partial charge is 0.390 e. The van der Waals surface area contributed by atoms with E-state index in [1.807, 2.05) is 13.8 Å². The Hall–Kier alpha value is -0.120. The summed E-state index contributed by atoms with van der Waals surface area (Å²) in [6, 6.07) is 0. The van der Waals surface area contributed by atoms with E-state index in [1.165, 1.54) is 25.7 Å². The fraction of sp³-hybridized carbons (Fsp3) is 1.00. The van der Waals surface area contributed by atoms with Crippen molar-refractivity contribution in [2.24, 2.45) is 28.1 Å². The first-order valence-electron chi connectivity index (χ1n) is 10.9. The predicted octanol–water partition coefficient (Wildman–Crippen LogP) is 5.30. The molecule has 3 nitrogen and oxygen atoms in total. The molecule has 4 rings (SSSR count). The highest BCUT2D eigenvalue weighted by Crippen LogP contribution is 2.66. The Morgan fingerprint density at radius 1 is 0.846 bits per heavy atom. The highest BCUT2D eigenvalue weighted by molar-refractivity contribution is 5.13. The molecule has 1 heterocycles. The zero-order chi connectivity index (χ0) is 19.0. The molecule has 0 amide bonds. The average molecular weight is 365 g/mol. The molecule has 150 valence electrons. The molecule has 0 spiro atoms. The van der Waals surface area contributed by atoms with Gasteiger partial charge in [0, 0.05) is 0 Å². The molecule has 1 N–H and O–H groups in total. The molecule has 3 saturated carbocycles. The minimum atomic E-state index is -0.526. The van der Waals surface area contributed by atoms with Gasteiger partial charge in [0.2, 0.25) is 0 Å². The summed E-state index contributed by atoms with van der Waals surface area (Å²) in [5, 5.41) is 11.9. The highest BCUT2D eigenvalue weighted by atomic mass is 16.7. The van der Waals surface area contributed by atoms with Gasteiger partial charge in [0.1, 0.15) is 0 Å². The molecule has 0 bridgehead atoms. The van der Waals surface area contributed by atoms with Gasteiger partial charge >= 0.3 is 0 Å². The maximum absolute atomic E-state index is 11.9. The van der Waals surface area contributed by atoms with Crippen molar-refractivity contribution in [2.75, 3.05) is 6.61 Å². The lowest BCUT2D eigenvalue weighted by Crippen LogP contribution is -2.62. The van der Waals surface area contributed by atoms with E-state index in [4.69, 9.17) is 9.47 Å². The molecule has 1 saturated heterocycles. The molecule has 0 aromatic carbocycles. The van der Waals surface area contributed by atoms with Crippen molar-refractivity contribution in [3.63, 3.8) is 0 Å². The summed E-state index contributed by atoms with van der Waals surface area (Å²) in [6.45, 7) is 14.5. The predicted molar refractivity (Wildman–Crippen MR) is 104 cm³/mol. The lowest BCUT2D eigenvalue weighted by Gasteiger charge is -2.65. The molecule has 4 aliphatic rings. The van der Waals surface area contributed by atoms with Crippen LogP contribution in [0.5, 0.6) is 0 Å². The van der Waals surface area contributed by atoms with Gasteiger partial charge in [-0.1, -0.05) is 34.1 Å². The molecule has 3 aliphatic carbocycles. The van der Waals surface area contributed by atoms with E-state index in [9.17, 15) is 5.11 Å². The van der Waals surface area contributed by atoms with E-state index in [0.29, 0.717) is 23.4 Å². The van der Waals surface area contributed by atoms with E-state index in [1.54, 1.807) is 0 Å². The third-order valence-corrected chi connectivity index (χ3v) is 9.09. The Kier molecular flexibility index (Phi) is 4.21. The zero-order valence-corrected chi connectivity index (χ0v) is 17.9. The Morgan fingerprint density at radius 3 is 2.19 bits per heavy atom. The summed E-state index contributed by atoms with van der Waals surface area (Å²) >= 11 is 0. The number of hydrogen-bond donors (Lipinski definition) is 1. The molecule has 6 atom stereocenters. The molecular formula is C23H40O3. The second-order valence-corrected chi connectivity index (χ2v) is 11.8. The van der Waals surface area contributed by atoms with Gasteiger partial charge < -0.3 is 14.6 Å². The monoisotopic (exact) mass is 364 g/mol. The first-order chi connectivity index (χ1) is 11.9. The first-order valence-corrected chi connectivity index (χ1v) is 10.9. The molecule has 3 heteroatoms. The van der Waals surface area contributed by atoms with Crippen LogP contribution in [0.4, 0.5) is 0 Å². The maximum Gasteiger partial charge on any atom is 0.163 e. The summed E-state index contributed by atoms with van der Waals surface area (Å²) in [6.07, 6.45) is 9.36. The van der Waals surface area contributed by atoms with Crippen molar-refractivity contribution in [1.82, 2.24) is 0 Å². The third-order valence-electron chi connectivity index (χ3n) is 9.09. The second kappa shape index (κ2) is 5.70. The smallest absolute Gasteiger partial charge is 0.163 e. The van der Waals surface area contributed by atoms with E-state index in [-0.39, 0.29) is 11.5 Å². The van der Waals surface area contributed by atoms with Crippen molar-refractivity contribution in [3.05, 3.63) is 0 Å². The van der Waals surface area contributed by atoms with Crippen molar-refractivity contribution < 1.29 is 14.6 Å². The molecule has 0 radical (unpaired) electrons. The zero-order valence-electron chi connectivity index (χ0n) is 17.9. The fourth-order valence-corrected chi connectivity index (χ4v) is 7.86. The highest BCUT2D eigenvalue weighted by Gasteiger charge is 2.63. The van der Waals surface area contributed by atoms with Gasteiger partial charge in [-0.05, 0) is 86.9 Å². The van der Waals surface area contributed by atoms with E-state index in [0.717, 1.165) is 31.6 Å². The van der Waals surface area contributed by atoms with Crippen LogP contribution < -0.4 is 0 Å². The Bertz CT molecular complexity index is 570. The van der Waals surface area contributed by atoms with Gasteiger partial charge in [-0.25, -0.2) is 0 Å². The quantitative estimate of drug-likeness (QED) is 0.686. The summed E-state index contributed by atoms with van der Waals surface area (Å²) in [4.78, 5) is 0. The normalized spacial score (nSPS) is 53.0. The molecule has 0 aromatic heterocycles. The van der Waals surface area contributed by atoms with Crippen LogP contribution in [0.1, 0.15) is 92.9 Å². The van der Waals surface area contributed by atoms with Gasteiger partial charge in [-0.3, -0.25) is 0 Å². The van der Waals surface area contributed by atoms with Crippen LogP contribution in [0.15, 0.2) is 0 Å². The van der Waals surface area contributed by atoms with Gasteiger partial charge in [0.05, 0.1) is 18.3 Å². The lowest BCUT2D eigenvalue weighted by molar-refractivity contribution is -0.224. The second-order valence-electron chi connectivity index (χ2n) is 11.8. The van der Waals surface area contributed by atoms with Crippen LogP contribution in [-0.4, -0.2) is 29.2 Å². The van der Waals surface area contributed by atoms with Gasteiger partial charge in [-0.2, -0.15) is 0 Å². The standard InChI is InChI=1S/C23H40O3/c1-19(2)10-7-11-22(6)16(19)9-13-23(24)15-21(5,12-8-17(22)23)18-14-25-20(3,4)26-18/h16-18,24H,7-15H2,1-6H3. The summed E-state index contributed by atoms with van der Waals surface area (Å²) in [7, 11) is 0. The number of fused-ring (bicyclic) bond motifs is 3. The third kappa shape index (κ3) is 2.79. The van der Waals surface area contributed by atoms with Crippen molar-refractivity contribution in [1.29, 1.82) is 0 Å². The van der Waals surface area contributed by atoms with Crippen molar-refractivity contribution >= 4 is 0 Å². The van der Waals surface area contributed by atoms with Gasteiger partial charge in [0.15, 0.2) is 5.79 Å². The van der Waals surface area contributed by atoms with E-state index >= 15 is 0 Å². The maximum atomic E-state index is 11.9.